The summed E-state index contributed by atoms with van der Waals surface area (Å²) >= 11 is 0. The second-order valence-corrected chi connectivity index (χ2v) is 5.05. The Morgan fingerprint density at radius 1 is 1.33 bits per heavy atom. The quantitative estimate of drug-likeness (QED) is 0.872. The molecular formula is C16H17N3O2. The number of nitrogens with two attached hydrogens (primary N) is 1. The second-order valence-electron chi connectivity index (χ2n) is 5.05. The Labute approximate surface area is 123 Å². The zero-order chi connectivity index (χ0) is 14.8. The van der Waals surface area contributed by atoms with E-state index < -0.39 is 0 Å². The predicted octanol–water partition coefficient (Wildman–Crippen LogP) is 2.40. The molecule has 1 aromatic carbocycles. The van der Waals surface area contributed by atoms with E-state index in [9.17, 15) is 4.79 Å². The Morgan fingerprint density at radius 3 is 2.95 bits per heavy atom. The molecule has 2 heterocycles. The van der Waals surface area contributed by atoms with Gasteiger partial charge in [0, 0.05) is 17.8 Å². The van der Waals surface area contributed by atoms with Gasteiger partial charge >= 0.3 is 0 Å². The number of fused-ring (bicyclic) bond motifs is 1. The van der Waals surface area contributed by atoms with Crippen molar-refractivity contribution in [3.8, 4) is 5.75 Å². The zero-order valence-electron chi connectivity index (χ0n) is 11.9. The first-order valence-electron chi connectivity index (χ1n) is 6.93. The molecule has 0 saturated carbocycles. The second kappa shape index (κ2) is 5.44. The minimum atomic E-state index is -0.0786. The van der Waals surface area contributed by atoms with Crippen LogP contribution in [-0.4, -0.2) is 24.0 Å². The van der Waals surface area contributed by atoms with Gasteiger partial charge < -0.3 is 15.4 Å². The van der Waals surface area contributed by atoms with Crippen LogP contribution in [0, 0.1) is 6.92 Å². The Balaban J connectivity index is 2.01. The molecule has 1 aliphatic heterocycles. The smallest absolute Gasteiger partial charge is 0.258 e. The fraction of sp³-hybridized carbons (Fsp3) is 0.250. The summed E-state index contributed by atoms with van der Waals surface area (Å²) in [4.78, 5) is 18.7. The van der Waals surface area contributed by atoms with Gasteiger partial charge in [0.15, 0.2) is 0 Å². The van der Waals surface area contributed by atoms with E-state index in [0.717, 1.165) is 23.6 Å². The largest absolute Gasteiger partial charge is 0.491 e. The molecule has 21 heavy (non-hydrogen) atoms. The monoisotopic (exact) mass is 283 g/mol. The third-order valence-corrected chi connectivity index (χ3v) is 3.41. The van der Waals surface area contributed by atoms with Crippen LogP contribution in [0.3, 0.4) is 0 Å². The van der Waals surface area contributed by atoms with Crippen molar-refractivity contribution < 1.29 is 9.53 Å². The van der Waals surface area contributed by atoms with Crippen LogP contribution >= 0.6 is 0 Å². The molecule has 1 aliphatic rings. The van der Waals surface area contributed by atoms with E-state index in [0.29, 0.717) is 24.5 Å². The molecule has 5 nitrogen and oxygen atoms in total. The molecule has 2 N–H and O–H groups in total. The Kier molecular flexibility index (Phi) is 3.48. The van der Waals surface area contributed by atoms with E-state index >= 15 is 0 Å². The summed E-state index contributed by atoms with van der Waals surface area (Å²) in [6.07, 6.45) is 0.792. The standard InChI is InChI=1S/C16H17N3O2/c1-11-9-12(10-15(17)18-11)16(20)19-7-4-8-21-14-6-3-2-5-13(14)19/h2-3,5-6,9-10H,4,7-8H2,1H3,(H2,17,18). The van der Waals surface area contributed by atoms with Crippen LogP contribution in [0.1, 0.15) is 22.5 Å². The molecule has 0 radical (unpaired) electrons. The topological polar surface area (TPSA) is 68.5 Å². The van der Waals surface area contributed by atoms with E-state index in [1.54, 1.807) is 17.0 Å². The summed E-state index contributed by atoms with van der Waals surface area (Å²) in [7, 11) is 0. The Morgan fingerprint density at radius 2 is 2.14 bits per heavy atom. The SMILES string of the molecule is Cc1cc(C(=O)N2CCCOc3ccccc32)cc(N)n1. The predicted molar refractivity (Wildman–Crippen MR) is 81.6 cm³/mol. The molecule has 2 aromatic rings. The number of amides is 1. The summed E-state index contributed by atoms with van der Waals surface area (Å²) < 4.78 is 5.68. The van der Waals surface area contributed by atoms with Gasteiger partial charge in [-0.05, 0) is 37.6 Å². The van der Waals surface area contributed by atoms with Gasteiger partial charge in [-0.3, -0.25) is 4.79 Å². The third kappa shape index (κ3) is 2.67. The molecule has 1 amide bonds. The lowest BCUT2D eigenvalue weighted by atomic mass is 10.1. The van der Waals surface area contributed by atoms with Crippen molar-refractivity contribution in [2.75, 3.05) is 23.8 Å². The van der Waals surface area contributed by atoms with E-state index in [1.807, 2.05) is 31.2 Å². The van der Waals surface area contributed by atoms with Gasteiger partial charge in [0.05, 0.1) is 12.3 Å². The van der Waals surface area contributed by atoms with Gasteiger partial charge in [-0.25, -0.2) is 4.98 Å². The molecule has 1 aromatic heterocycles. The van der Waals surface area contributed by atoms with Crippen LogP contribution in [0.25, 0.3) is 0 Å². The molecule has 0 atom stereocenters. The van der Waals surface area contributed by atoms with Gasteiger partial charge in [0.1, 0.15) is 11.6 Å². The number of rotatable bonds is 1. The number of hydrogen-bond donors (Lipinski definition) is 1. The average Bonchev–Trinajstić information content (AvgIpc) is 2.68. The van der Waals surface area contributed by atoms with Crippen molar-refractivity contribution in [2.24, 2.45) is 0 Å². The maximum absolute atomic E-state index is 12.8. The summed E-state index contributed by atoms with van der Waals surface area (Å²) in [5.74, 6) is 1.02. The number of hydrogen-bond acceptors (Lipinski definition) is 4. The van der Waals surface area contributed by atoms with E-state index in [1.165, 1.54) is 0 Å². The molecule has 108 valence electrons. The van der Waals surface area contributed by atoms with Gasteiger partial charge in [-0.15, -0.1) is 0 Å². The Hall–Kier alpha value is -2.56. The number of carbonyl (C=O) groups excluding carboxylic acids is 1. The highest BCUT2D eigenvalue weighted by atomic mass is 16.5. The number of nitrogen functional groups attached to an aromatic ring is 1. The number of aryl methyl sites for hydroxylation is 1. The maximum Gasteiger partial charge on any atom is 0.258 e. The van der Waals surface area contributed by atoms with Crippen LogP contribution < -0.4 is 15.4 Å². The first-order valence-corrected chi connectivity index (χ1v) is 6.93. The van der Waals surface area contributed by atoms with Crippen molar-refractivity contribution in [1.29, 1.82) is 0 Å². The normalized spacial score (nSPS) is 14.0. The first-order chi connectivity index (χ1) is 10.1. The highest BCUT2D eigenvalue weighted by Gasteiger charge is 2.23. The van der Waals surface area contributed by atoms with Crippen LogP contribution in [0.5, 0.6) is 5.75 Å². The van der Waals surface area contributed by atoms with Crippen molar-refractivity contribution >= 4 is 17.4 Å². The molecule has 0 bridgehead atoms. The van der Waals surface area contributed by atoms with Gasteiger partial charge in [-0.1, -0.05) is 12.1 Å². The minimum Gasteiger partial charge on any atom is -0.491 e. The zero-order valence-corrected chi connectivity index (χ0v) is 11.9. The van der Waals surface area contributed by atoms with Crippen molar-refractivity contribution in [3.05, 3.63) is 47.7 Å². The van der Waals surface area contributed by atoms with Crippen LogP contribution in [0.2, 0.25) is 0 Å². The number of benzene rings is 1. The summed E-state index contributed by atoms with van der Waals surface area (Å²) in [6, 6.07) is 11.0. The molecule has 3 rings (SSSR count). The number of nitrogens with zero attached hydrogens (tertiary/aromatic N) is 2. The van der Waals surface area contributed by atoms with E-state index in [4.69, 9.17) is 10.5 Å². The van der Waals surface area contributed by atoms with Crippen LogP contribution in [0.4, 0.5) is 11.5 Å². The molecule has 0 unspecified atom stereocenters. The van der Waals surface area contributed by atoms with Gasteiger partial charge in [0.2, 0.25) is 0 Å². The minimum absolute atomic E-state index is 0.0786. The molecule has 5 heteroatoms. The fourth-order valence-corrected chi connectivity index (χ4v) is 2.51. The average molecular weight is 283 g/mol. The molecular weight excluding hydrogens is 266 g/mol. The first kappa shape index (κ1) is 13.4. The summed E-state index contributed by atoms with van der Waals surface area (Å²) in [5, 5.41) is 0. The number of carbonyl (C=O) groups is 1. The summed E-state index contributed by atoms with van der Waals surface area (Å²) in [5.41, 5.74) is 7.83. The van der Waals surface area contributed by atoms with E-state index in [-0.39, 0.29) is 5.91 Å². The molecule has 0 fully saturated rings. The fourth-order valence-electron chi connectivity index (χ4n) is 2.51. The number of para-hydroxylation sites is 2. The van der Waals surface area contributed by atoms with Crippen molar-refractivity contribution in [2.45, 2.75) is 13.3 Å². The maximum atomic E-state index is 12.8. The number of aromatic nitrogens is 1. The molecule has 0 saturated heterocycles. The lowest BCUT2D eigenvalue weighted by molar-refractivity contribution is 0.0987. The van der Waals surface area contributed by atoms with Crippen molar-refractivity contribution in [3.63, 3.8) is 0 Å². The number of pyridine rings is 1. The molecule has 0 aliphatic carbocycles. The number of anilines is 2. The lowest BCUT2D eigenvalue weighted by Gasteiger charge is -2.22. The summed E-state index contributed by atoms with van der Waals surface area (Å²) in [6.45, 7) is 3.06. The van der Waals surface area contributed by atoms with Gasteiger partial charge in [-0.2, -0.15) is 0 Å². The highest BCUT2D eigenvalue weighted by molar-refractivity contribution is 6.07. The third-order valence-electron chi connectivity index (χ3n) is 3.41. The lowest BCUT2D eigenvalue weighted by Crippen LogP contribution is -2.31. The van der Waals surface area contributed by atoms with Gasteiger partial charge in [0.25, 0.3) is 5.91 Å². The number of ether oxygens (including phenoxy) is 1. The molecule has 0 spiro atoms. The van der Waals surface area contributed by atoms with Crippen LogP contribution in [-0.2, 0) is 0 Å². The highest BCUT2D eigenvalue weighted by Crippen LogP contribution is 2.31. The van der Waals surface area contributed by atoms with E-state index in [2.05, 4.69) is 4.98 Å². The Bertz CT molecular complexity index is 665. The van der Waals surface area contributed by atoms with Crippen LogP contribution in [0.15, 0.2) is 36.4 Å². The van der Waals surface area contributed by atoms with Crippen molar-refractivity contribution in [1.82, 2.24) is 4.98 Å².